The smallest absolute Gasteiger partial charge is 0.303 e. The van der Waals surface area contributed by atoms with Crippen molar-refractivity contribution in [2.24, 2.45) is 7.05 Å². The number of aromatic nitrogens is 1. The second kappa shape index (κ2) is 4.24. The summed E-state index contributed by atoms with van der Waals surface area (Å²) < 4.78 is 2.09. The molecule has 0 aliphatic heterocycles. The molecule has 0 unspecified atom stereocenters. The topological polar surface area (TPSA) is 42.2 Å². The Kier molecular flexibility index (Phi) is 2.92. The van der Waals surface area contributed by atoms with E-state index in [0.717, 1.165) is 5.56 Å². The van der Waals surface area contributed by atoms with E-state index in [1.54, 1.807) is 0 Å². The van der Waals surface area contributed by atoms with Crippen LogP contribution in [0.1, 0.15) is 23.1 Å². The summed E-state index contributed by atoms with van der Waals surface area (Å²) in [5.74, 6) is -0.743. The maximum atomic E-state index is 10.7. The van der Waals surface area contributed by atoms with Crippen LogP contribution in [0.4, 0.5) is 0 Å². The van der Waals surface area contributed by atoms with E-state index in [2.05, 4.69) is 30.5 Å². The molecule has 0 bridgehead atoms. The Morgan fingerprint density at radius 3 is 2.59 bits per heavy atom. The zero-order valence-corrected chi connectivity index (χ0v) is 10.4. The molecule has 2 aromatic rings. The summed E-state index contributed by atoms with van der Waals surface area (Å²) in [6, 6.07) is 4.21. The molecule has 2 rings (SSSR count). The predicted molar refractivity (Wildman–Crippen MR) is 68.3 cm³/mol. The summed E-state index contributed by atoms with van der Waals surface area (Å²) in [7, 11) is 2.01. The largest absolute Gasteiger partial charge is 0.481 e. The van der Waals surface area contributed by atoms with E-state index in [1.165, 1.54) is 22.0 Å². The van der Waals surface area contributed by atoms with Crippen LogP contribution in [0.2, 0.25) is 0 Å². The lowest BCUT2D eigenvalue weighted by atomic mass is 10.0. The standard InChI is InChI=1S/C14H17NO2/c1-9-4-5-10(2)14-13(9)11(8-15(14)3)6-7-12(16)17/h4-5,8H,6-7H2,1-3H3,(H,16,17). The van der Waals surface area contributed by atoms with Crippen molar-refractivity contribution in [2.75, 3.05) is 0 Å². The molecule has 3 heteroatoms. The molecule has 0 spiro atoms. The van der Waals surface area contributed by atoms with Crippen molar-refractivity contribution in [2.45, 2.75) is 26.7 Å². The molecule has 0 fully saturated rings. The summed E-state index contributed by atoms with van der Waals surface area (Å²) in [4.78, 5) is 10.7. The van der Waals surface area contributed by atoms with Crippen LogP contribution in [0, 0.1) is 13.8 Å². The number of carboxylic acid groups (broad SMARTS) is 1. The number of carboxylic acids is 1. The molecule has 0 saturated carbocycles. The summed E-state index contributed by atoms with van der Waals surface area (Å²) in [6.07, 6.45) is 2.83. The van der Waals surface area contributed by atoms with Crippen LogP contribution >= 0.6 is 0 Å². The normalized spacial score (nSPS) is 11.0. The van der Waals surface area contributed by atoms with Crippen molar-refractivity contribution in [1.82, 2.24) is 4.57 Å². The number of hydrogen-bond donors (Lipinski definition) is 1. The molecule has 1 N–H and O–H groups in total. The predicted octanol–water partition coefficient (Wildman–Crippen LogP) is 2.81. The van der Waals surface area contributed by atoms with Gasteiger partial charge in [-0.25, -0.2) is 0 Å². The molecule has 1 aromatic heterocycles. The Morgan fingerprint density at radius 2 is 1.94 bits per heavy atom. The SMILES string of the molecule is Cc1ccc(C)c2c1c(CCC(=O)O)cn2C. The maximum absolute atomic E-state index is 10.7. The van der Waals surface area contributed by atoms with Gasteiger partial charge >= 0.3 is 5.97 Å². The van der Waals surface area contributed by atoms with Crippen LogP contribution in [0.15, 0.2) is 18.3 Å². The van der Waals surface area contributed by atoms with E-state index in [9.17, 15) is 4.79 Å². The van der Waals surface area contributed by atoms with E-state index in [0.29, 0.717) is 6.42 Å². The number of aliphatic carboxylic acids is 1. The quantitative estimate of drug-likeness (QED) is 0.882. The summed E-state index contributed by atoms with van der Waals surface area (Å²) in [5.41, 5.74) is 4.79. The lowest BCUT2D eigenvalue weighted by Crippen LogP contribution is -1.97. The number of aryl methyl sites for hydroxylation is 4. The molecule has 0 atom stereocenters. The number of rotatable bonds is 3. The highest BCUT2D eigenvalue weighted by molar-refractivity contribution is 5.90. The van der Waals surface area contributed by atoms with Crippen molar-refractivity contribution in [3.05, 3.63) is 35.0 Å². The molecule has 0 aliphatic rings. The Labute approximate surface area is 101 Å². The first kappa shape index (κ1) is 11.7. The third-order valence-electron chi connectivity index (χ3n) is 3.22. The fraction of sp³-hybridized carbons (Fsp3) is 0.357. The Hall–Kier alpha value is -1.77. The lowest BCUT2D eigenvalue weighted by molar-refractivity contribution is -0.136. The number of fused-ring (bicyclic) bond motifs is 1. The van der Waals surface area contributed by atoms with Crippen molar-refractivity contribution in [1.29, 1.82) is 0 Å². The van der Waals surface area contributed by atoms with Crippen LogP contribution in [-0.4, -0.2) is 15.6 Å². The molecular weight excluding hydrogens is 214 g/mol. The van der Waals surface area contributed by atoms with Gasteiger partial charge in [0.2, 0.25) is 0 Å². The van der Waals surface area contributed by atoms with Gasteiger partial charge in [-0.15, -0.1) is 0 Å². The summed E-state index contributed by atoms with van der Waals surface area (Å²) in [5, 5.41) is 9.99. The third-order valence-corrected chi connectivity index (χ3v) is 3.22. The first-order chi connectivity index (χ1) is 8.00. The minimum Gasteiger partial charge on any atom is -0.481 e. The molecule has 1 aromatic carbocycles. The highest BCUT2D eigenvalue weighted by atomic mass is 16.4. The average molecular weight is 231 g/mol. The van der Waals surface area contributed by atoms with Crippen LogP contribution in [0.5, 0.6) is 0 Å². The van der Waals surface area contributed by atoms with Gasteiger partial charge in [0.05, 0.1) is 5.52 Å². The van der Waals surface area contributed by atoms with Crippen molar-refractivity contribution >= 4 is 16.9 Å². The van der Waals surface area contributed by atoms with Crippen LogP contribution in [0.3, 0.4) is 0 Å². The van der Waals surface area contributed by atoms with E-state index < -0.39 is 5.97 Å². The fourth-order valence-corrected chi connectivity index (χ4v) is 2.45. The zero-order valence-electron chi connectivity index (χ0n) is 10.4. The van der Waals surface area contributed by atoms with Crippen LogP contribution < -0.4 is 0 Å². The van der Waals surface area contributed by atoms with E-state index in [-0.39, 0.29) is 6.42 Å². The van der Waals surface area contributed by atoms with Crippen molar-refractivity contribution in [3.63, 3.8) is 0 Å². The first-order valence-electron chi connectivity index (χ1n) is 5.76. The van der Waals surface area contributed by atoms with Gasteiger partial charge in [0.15, 0.2) is 0 Å². The number of benzene rings is 1. The molecule has 90 valence electrons. The molecular formula is C14H17NO2. The molecule has 1 heterocycles. The zero-order chi connectivity index (χ0) is 12.6. The average Bonchev–Trinajstić information content (AvgIpc) is 2.59. The van der Waals surface area contributed by atoms with Gasteiger partial charge in [-0.05, 0) is 37.0 Å². The number of nitrogens with zero attached hydrogens (tertiary/aromatic N) is 1. The van der Waals surface area contributed by atoms with Gasteiger partial charge in [0.1, 0.15) is 0 Å². The van der Waals surface area contributed by atoms with E-state index in [1.807, 2.05) is 13.2 Å². The van der Waals surface area contributed by atoms with E-state index >= 15 is 0 Å². The molecule has 0 radical (unpaired) electrons. The second-order valence-electron chi connectivity index (χ2n) is 4.58. The molecule has 0 aliphatic carbocycles. The van der Waals surface area contributed by atoms with Crippen molar-refractivity contribution < 1.29 is 9.90 Å². The number of hydrogen-bond acceptors (Lipinski definition) is 1. The molecule has 3 nitrogen and oxygen atoms in total. The minimum absolute atomic E-state index is 0.187. The van der Waals surface area contributed by atoms with Gasteiger partial charge < -0.3 is 9.67 Å². The fourth-order valence-electron chi connectivity index (χ4n) is 2.45. The minimum atomic E-state index is -0.743. The van der Waals surface area contributed by atoms with E-state index in [4.69, 9.17) is 5.11 Å². The van der Waals surface area contributed by atoms with Gasteiger partial charge in [0.25, 0.3) is 0 Å². The van der Waals surface area contributed by atoms with Crippen molar-refractivity contribution in [3.8, 4) is 0 Å². The summed E-state index contributed by atoms with van der Waals surface area (Å²) in [6.45, 7) is 4.16. The van der Waals surface area contributed by atoms with Gasteiger partial charge in [-0.3, -0.25) is 4.79 Å². The lowest BCUT2D eigenvalue weighted by Gasteiger charge is -2.04. The molecule has 0 amide bonds. The van der Waals surface area contributed by atoms with Gasteiger partial charge in [-0.1, -0.05) is 12.1 Å². The Morgan fingerprint density at radius 1 is 1.29 bits per heavy atom. The highest BCUT2D eigenvalue weighted by Crippen LogP contribution is 2.27. The van der Waals surface area contributed by atoms with Gasteiger partial charge in [-0.2, -0.15) is 0 Å². The second-order valence-corrected chi connectivity index (χ2v) is 4.58. The van der Waals surface area contributed by atoms with Gasteiger partial charge in [0, 0.05) is 25.1 Å². The van der Waals surface area contributed by atoms with Crippen LogP contribution in [0.25, 0.3) is 10.9 Å². The number of carbonyl (C=O) groups is 1. The highest BCUT2D eigenvalue weighted by Gasteiger charge is 2.11. The third kappa shape index (κ3) is 2.05. The molecule has 0 saturated heterocycles. The Bertz CT molecular complexity index is 581. The Balaban J connectivity index is 2.57. The maximum Gasteiger partial charge on any atom is 0.303 e. The van der Waals surface area contributed by atoms with Crippen LogP contribution in [-0.2, 0) is 18.3 Å². The first-order valence-corrected chi connectivity index (χ1v) is 5.76. The summed E-state index contributed by atoms with van der Waals surface area (Å²) >= 11 is 0. The monoisotopic (exact) mass is 231 g/mol. The molecule has 17 heavy (non-hydrogen) atoms.